The van der Waals surface area contributed by atoms with Gasteiger partial charge in [-0.3, -0.25) is 25.0 Å². The van der Waals surface area contributed by atoms with Crippen LogP contribution in [0.2, 0.25) is 0 Å². The van der Waals surface area contributed by atoms with Gasteiger partial charge in [-0.25, -0.2) is 8.42 Å². The largest absolute Gasteiger partial charge is 0.461 e. The van der Waals surface area contributed by atoms with Gasteiger partial charge in [0.15, 0.2) is 20.8 Å². The highest BCUT2D eigenvalue weighted by molar-refractivity contribution is 7.99. The molecule has 2 aromatic heterocycles. The lowest BCUT2D eigenvalue weighted by molar-refractivity contribution is -0.128. The predicted molar refractivity (Wildman–Crippen MR) is 106 cm³/mol. The second kappa shape index (κ2) is 9.27. The number of rotatable bonds is 8. The number of furan rings is 1. The summed E-state index contributed by atoms with van der Waals surface area (Å²) >= 11 is 1.15. The lowest BCUT2D eigenvalue weighted by atomic mass is 10.1. The molecule has 0 radical (unpaired) electrons. The molecule has 0 aliphatic carbocycles. The average molecular weight is 440 g/mol. The number of amides is 2. The van der Waals surface area contributed by atoms with Crippen LogP contribution >= 0.6 is 11.8 Å². The summed E-state index contributed by atoms with van der Waals surface area (Å²) in [4.78, 5) is 23.9. The molecule has 1 atom stereocenters. The van der Waals surface area contributed by atoms with Gasteiger partial charge < -0.3 is 4.42 Å². The van der Waals surface area contributed by atoms with Crippen LogP contribution in [0.1, 0.15) is 12.8 Å². The van der Waals surface area contributed by atoms with E-state index in [9.17, 15) is 18.0 Å². The molecule has 1 saturated heterocycles. The first-order valence-corrected chi connectivity index (χ1v) is 11.7. The smallest absolute Gasteiger partial charge is 0.248 e. The molecule has 1 aliphatic heterocycles. The maximum absolute atomic E-state index is 12.0. The zero-order valence-corrected chi connectivity index (χ0v) is 17.2. The molecule has 1 aliphatic rings. The molecule has 29 heavy (non-hydrogen) atoms. The Balaban J connectivity index is 1.48. The Labute approximate surface area is 172 Å². The molecule has 2 amide bonds. The molecule has 1 fully saturated rings. The highest BCUT2D eigenvalue weighted by Crippen LogP contribution is 2.24. The van der Waals surface area contributed by atoms with E-state index in [0.717, 1.165) is 11.8 Å². The van der Waals surface area contributed by atoms with Gasteiger partial charge in [0.25, 0.3) is 0 Å². The Morgan fingerprint density at radius 3 is 2.79 bits per heavy atom. The molecule has 2 aromatic rings. The third kappa shape index (κ3) is 5.70. The Kier molecular flexibility index (Phi) is 6.75. The monoisotopic (exact) mass is 439 g/mol. The summed E-state index contributed by atoms with van der Waals surface area (Å²) in [6, 6.07) is 3.50. The Bertz CT molecular complexity index is 984. The number of hydrogen-bond acceptors (Lipinski definition) is 8. The Hall–Kier alpha value is -2.60. The van der Waals surface area contributed by atoms with Crippen LogP contribution in [0.4, 0.5) is 0 Å². The summed E-state index contributed by atoms with van der Waals surface area (Å²) in [6.07, 6.45) is 3.75. The van der Waals surface area contributed by atoms with Crippen LogP contribution in [0.3, 0.4) is 0 Å². The fourth-order valence-electron chi connectivity index (χ4n) is 2.93. The van der Waals surface area contributed by atoms with Crippen LogP contribution in [0.25, 0.3) is 11.6 Å². The van der Waals surface area contributed by atoms with E-state index < -0.39 is 21.7 Å². The molecule has 0 saturated carbocycles. The maximum atomic E-state index is 12.0. The van der Waals surface area contributed by atoms with E-state index in [1.54, 1.807) is 22.8 Å². The van der Waals surface area contributed by atoms with E-state index in [-0.39, 0.29) is 29.6 Å². The van der Waals surface area contributed by atoms with Gasteiger partial charge in [0.05, 0.1) is 23.5 Å². The lowest BCUT2D eigenvalue weighted by Crippen LogP contribution is -2.43. The van der Waals surface area contributed by atoms with Crippen LogP contribution in [0.5, 0.6) is 0 Å². The molecule has 0 bridgehead atoms. The number of hydrogen-bond donors (Lipinski definition) is 2. The first kappa shape index (κ1) is 21.1. The fraction of sp³-hybridized carbons (Fsp3) is 0.412. The third-order valence-corrected chi connectivity index (χ3v) is 7.05. The van der Waals surface area contributed by atoms with Crippen molar-refractivity contribution in [2.45, 2.75) is 24.5 Å². The van der Waals surface area contributed by atoms with Gasteiger partial charge in [-0.15, -0.1) is 16.8 Å². The van der Waals surface area contributed by atoms with Gasteiger partial charge in [-0.2, -0.15) is 0 Å². The van der Waals surface area contributed by atoms with E-state index in [4.69, 9.17) is 4.42 Å². The van der Waals surface area contributed by atoms with E-state index in [2.05, 4.69) is 27.6 Å². The van der Waals surface area contributed by atoms with E-state index in [1.165, 1.54) is 6.26 Å². The van der Waals surface area contributed by atoms with E-state index >= 15 is 0 Å². The third-order valence-electron chi connectivity index (χ3n) is 4.24. The maximum Gasteiger partial charge on any atom is 0.248 e. The molecule has 156 valence electrons. The van der Waals surface area contributed by atoms with Crippen LogP contribution in [0, 0.1) is 5.92 Å². The van der Waals surface area contributed by atoms with Crippen molar-refractivity contribution in [3.05, 3.63) is 31.1 Å². The normalized spacial score (nSPS) is 17.7. The molecule has 2 N–H and O–H groups in total. The van der Waals surface area contributed by atoms with Crippen LogP contribution < -0.4 is 10.9 Å². The topological polar surface area (TPSA) is 136 Å². The van der Waals surface area contributed by atoms with Crippen molar-refractivity contribution in [3.8, 4) is 11.6 Å². The summed E-state index contributed by atoms with van der Waals surface area (Å²) in [6.45, 7) is 4.15. The van der Waals surface area contributed by atoms with Crippen LogP contribution in [-0.2, 0) is 26.0 Å². The van der Waals surface area contributed by atoms with Crippen molar-refractivity contribution in [1.29, 1.82) is 0 Å². The minimum Gasteiger partial charge on any atom is -0.461 e. The predicted octanol–water partition coefficient (Wildman–Crippen LogP) is 0.788. The standard InChI is InChI=1S/C17H21N5O5S2/c1-2-6-22-16(13-4-3-7-27-13)20-21-17(22)28-10-15(24)19-18-14(23)9-12-5-8-29(25,26)11-12/h2-4,7,12H,1,5-6,8-11H2,(H,18,23)(H,19,24)/t12-/m1/s1. The van der Waals surface area contributed by atoms with Gasteiger partial charge in [0, 0.05) is 13.0 Å². The minimum absolute atomic E-state index is 0.00547. The van der Waals surface area contributed by atoms with Gasteiger partial charge in [0.2, 0.25) is 17.6 Å². The molecule has 0 spiro atoms. The lowest BCUT2D eigenvalue weighted by Gasteiger charge is -2.10. The number of hydrazine groups is 1. The van der Waals surface area contributed by atoms with Gasteiger partial charge in [-0.1, -0.05) is 17.8 Å². The first-order valence-electron chi connectivity index (χ1n) is 8.87. The average Bonchev–Trinajstić information content (AvgIpc) is 3.39. The second-order valence-corrected chi connectivity index (χ2v) is 9.71. The summed E-state index contributed by atoms with van der Waals surface area (Å²) in [5.74, 6) is 0.167. The van der Waals surface area contributed by atoms with Crippen molar-refractivity contribution >= 4 is 33.4 Å². The molecule has 0 aromatic carbocycles. The summed E-state index contributed by atoms with van der Waals surface area (Å²) in [7, 11) is -3.03. The van der Waals surface area contributed by atoms with E-state index in [0.29, 0.717) is 29.7 Å². The Morgan fingerprint density at radius 1 is 1.34 bits per heavy atom. The number of carbonyl (C=O) groups excluding carboxylic acids is 2. The molecule has 10 nitrogen and oxygen atoms in total. The zero-order chi connectivity index (χ0) is 20.9. The first-order chi connectivity index (χ1) is 13.9. The number of aromatic nitrogens is 3. The minimum atomic E-state index is -3.03. The number of nitrogens with one attached hydrogen (secondary N) is 2. The molecule has 3 heterocycles. The summed E-state index contributed by atoms with van der Waals surface area (Å²) in [5, 5.41) is 8.69. The van der Waals surface area contributed by atoms with Crippen molar-refractivity contribution in [2.75, 3.05) is 17.3 Å². The SMILES string of the molecule is C=CCn1c(SCC(=O)NNC(=O)C[C@H]2CCS(=O)(=O)C2)nnc1-c1ccco1. The zero-order valence-electron chi connectivity index (χ0n) is 15.5. The van der Waals surface area contributed by atoms with Crippen LogP contribution in [0.15, 0.2) is 40.6 Å². The van der Waals surface area contributed by atoms with Gasteiger partial charge in [0.1, 0.15) is 0 Å². The molecule has 12 heteroatoms. The second-order valence-electron chi connectivity index (χ2n) is 6.54. The van der Waals surface area contributed by atoms with Crippen molar-refractivity contribution in [3.63, 3.8) is 0 Å². The number of nitrogens with zero attached hydrogens (tertiary/aromatic N) is 3. The number of allylic oxidation sites excluding steroid dienone is 1. The summed E-state index contributed by atoms with van der Waals surface area (Å²) < 4.78 is 30.0. The van der Waals surface area contributed by atoms with Crippen LogP contribution in [-0.4, -0.2) is 52.3 Å². The van der Waals surface area contributed by atoms with Crippen molar-refractivity contribution in [1.82, 2.24) is 25.6 Å². The van der Waals surface area contributed by atoms with E-state index in [1.807, 2.05) is 0 Å². The quantitative estimate of drug-likeness (QED) is 0.350. The highest BCUT2D eigenvalue weighted by Gasteiger charge is 2.29. The number of thioether (sulfide) groups is 1. The molecule has 0 unspecified atom stereocenters. The fourth-order valence-corrected chi connectivity index (χ4v) is 5.54. The number of carbonyl (C=O) groups is 2. The molecular weight excluding hydrogens is 418 g/mol. The van der Waals surface area contributed by atoms with Gasteiger partial charge in [-0.05, 0) is 24.5 Å². The summed E-state index contributed by atoms with van der Waals surface area (Å²) in [5.41, 5.74) is 4.65. The molecular formula is C17H21N5O5S2. The van der Waals surface area contributed by atoms with Crippen molar-refractivity contribution in [2.24, 2.45) is 5.92 Å². The number of sulfone groups is 1. The van der Waals surface area contributed by atoms with Gasteiger partial charge >= 0.3 is 0 Å². The Morgan fingerprint density at radius 2 is 2.14 bits per heavy atom. The highest BCUT2D eigenvalue weighted by atomic mass is 32.2. The van der Waals surface area contributed by atoms with Crippen molar-refractivity contribution < 1.29 is 22.4 Å². The molecule has 3 rings (SSSR count).